The summed E-state index contributed by atoms with van der Waals surface area (Å²) in [6, 6.07) is 18.0. The van der Waals surface area contributed by atoms with Gasteiger partial charge in [0.25, 0.3) is 17.2 Å². The van der Waals surface area contributed by atoms with Crippen molar-refractivity contribution in [2.45, 2.75) is 4.90 Å². The summed E-state index contributed by atoms with van der Waals surface area (Å²) in [6.07, 6.45) is 0. The molecule has 0 aliphatic heterocycles. The van der Waals surface area contributed by atoms with Crippen LogP contribution >= 0.6 is 0 Å². The lowest BCUT2D eigenvalue weighted by atomic mass is 10.0. The highest BCUT2D eigenvalue weighted by molar-refractivity contribution is 7.89. The number of aromatic hydroxyl groups is 1. The third kappa shape index (κ3) is 5.86. The van der Waals surface area contributed by atoms with Gasteiger partial charge < -0.3 is 10.4 Å². The number of amides is 1. The van der Waals surface area contributed by atoms with Crippen LogP contribution in [0.5, 0.6) is 5.75 Å². The van der Waals surface area contributed by atoms with Crippen LogP contribution in [0.3, 0.4) is 0 Å². The molecule has 0 spiro atoms. The van der Waals surface area contributed by atoms with Gasteiger partial charge in [-0.3, -0.25) is 9.35 Å². The van der Waals surface area contributed by atoms with Crippen molar-refractivity contribution in [3.63, 3.8) is 0 Å². The number of phenolic OH excluding ortho intramolecular Hbond substituents is 1. The predicted octanol–water partition coefficient (Wildman–Crippen LogP) is 4.51. The molecule has 0 bridgehead atoms. The first-order chi connectivity index (χ1) is 17.9. The van der Waals surface area contributed by atoms with Crippen LogP contribution in [-0.4, -0.2) is 28.2 Å². The Labute approximate surface area is 218 Å². The van der Waals surface area contributed by atoms with Crippen LogP contribution in [0.2, 0.25) is 0 Å². The fourth-order valence-corrected chi connectivity index (χ4v) is 4.82. The van der Waals surface area contributed by atoms with Gasteiger partial charge in [-0.2, -0.15) is 0 Å². The van der Waals surface area contributed by atoms with Crippen molar-refractivity contribution in [3.05, 3.63) is 102 Å². The topological polar surface area (TPSA) is 150 Å². The third-order valence-electron chi connectivity index (χ3n) is 5.39. The van der Waals surface area contributed by atoms with E-state index in [4.69, 9.17) is 5.14 Å². The lowest BCUT2D eigenvalue weighted by Gasteiger charge is -2.21. The summed E-state index contributed by atoms with van der Waals surface area (Å²) in [5, 5.41) is 18.0. The number of phenols is 1. The zero-order valence-corrected chi connectivity index (χ0v) is 20.8. The van der Waals surface area contributed by atoms with E-state index in [0.29, 0.717) is 11.1 Å². The highest BCUT2D eigenvalue weighted by Gasteiger charge is 2.20. The van der Waals surface area contributed by atoms with E-state index >= 15 is 0 Å². The molecule has 0 aromatic heterocycles. The largest absolute Gasteiger partial charge is 0.506 e. The van der Waals surface area contributed by atoms with E-state index < -0.39 is 43.7 Å². The van der Waals surface area contributed by atoms with Crippen LogP contribution in [0.15, 0.2) is 89.8 Å². The van der Waals surface area contributed by atoms with Gasteiger partial charge in [0.2, 0.25) is 10.0 Å². The summed E-state index contributed by atoms with van der Waals surface area (Å²) in [6.45, 7) is 0. The maximum Gasteiger partial charge on any atom is 0.266 e. The van der Waals surface area contributed by atoms with E-state index in [1.807, 2.05) is 0 Å². The molecule has 0 aliphatic carbocycles. The molecule has 13 heteroatoms. The van der Waals surface area contributed by atoms with Gasteiger partial charge in [-0.1, -0.05) is 18.2 Å². The molecule has 4 rings (SSSR count). The van der Waals surface area contributed by atoms with Crippen LogP contribution < -0.4 is 14.8 Å². The molecule has 196 valence electrons. The van der Waals surface area contributed by atoms with Gasteiger partial charge in [-0.05, 0) is 77.9 Å². The Morgan fingerprint density at radius 1 is 0.895 bits per heavy atom. The van der Waals surface area contributed by atoms with Crippen molar-refractivity contribution in [1.82, 2.24) is 0 Å². The second-order valence-corrected chi connectivity index (χ2v) is 10.3. The van der Waals surface area contributed by atoms with Crippen LogP contribution in [0.25, 0.3) is 11.1 Å². The first-order valence-corrected chi connectivity index (χ1v) is 13.3. The number of sulfonamides is 1. The number of carbonyl (C=O) groups is 1. The molecule has 0 fully saturated rings. The van der Waals surface area contributed by atoms with Gasteiger partial charge >= 0.3 is 0 Å². The first kappa shape index (κ1) is 26.9. The number of hydrogen-bond acceptors (Lipinski definition) is 5. The van der Waals surface area contributed by atoms with E-state index in [2.05, 4.69) is 5.32 Å². The smallest absolute Gasteiger partial charge is 0.266 e. The number of hydrogen-bond donors (Lipinski definition) is 4. The highest BCUT2D eigenvalue weighted by atomic mass is 32.2. The SMILES string of the molecule is NS(=O)(=O)c1cc(-c2ccc(C(=O)Nc3ccc(O)c(N(c4ccc(F)cc4)S(=O)O)c3)cc2)ccc1F. The Balaban J connectivity index is 1.58. The average Bonchev–Trinajstić information content (AvgIpc) is 2.86. The average molecular weight is 560 g/mol. The van der Waals surface area contributed by atoms with Crippen molar-refractivity contribution < 1.29 is 35.9 Å². The van der Waals surface area contributed by atoms with Crippen LogP contribution in [-0.2, 0) is 21.3 Å². The Morgan fingerprint density at radius 3 is 2.13 bits per heavy atom. The lowest BCUT2D eigenvalue weighted by Crippen LogP contribution is -2.20. The maximum absolute atomic E-state index is 13.8. The fraction of sp³-hybridized carbons (Fsp3) is 0. The fourth-order valence-electron chi connectivity index (χ4n) is 3.57. The summed E-state index contributed by atoms with van der Waals surface area (Å²) in [5.74, 6) is -2.46. The van der Waals surface area contributed by atoms with E-state index in [-0.39, 0.29) is 28.4 Å². The molecule has 1 amide bonds. The molecule has 0 aliphatic rings. The third-order valence-corrected chi connectivity index (χ3v) is 7.03. The van der Waals surface area contributed by atoms with Crippen LogP contribution in [0, 0.1) is 11.6 Å². The molecular weight excluding hydrogens is 540 g/mol. The molecule has 5 N–H and O–H groups in total. The number of benzene rings is 4. The summed E-state index contributed by atoms with van der Waals surface area (Å²) in [7, 11) is -4.27. The molecule has 9 nitrogen and oxygen atoms in total. The second-order valence-electron chi connectivity index (χ2n) is 7.93. The highest BCUT2D eigenvalue weighted by Crippen LogP contribution is 2.36. The second kappa shape index (κ2) is 10.7. The Kier molecular flexibility index (Phi) is 7.55. The van der Waals surface area contributed by atoms with Gasteiger partial charge in [0.15, 0.2) is 0 Å². The van der Waals surface area contributed by atoms with Crippen molar-refractivity contribution in [3.8, 4) is 16.9 Å². The Morgan fingerprint density at radius 2 is 1.53 bits per heavy atom. The van der Waals surface area contributed by atoms with Gasteiger partial charge in [0.05, 0.1) is 5.69 Å². The Bertz CT molecular complexity index is 1650. The molecule has 0 saturated carbocycles. The molecule has 0 saturated heterocycles. The first-order valence-electron chi connectivity index (χ1n) is 10.7. The van der Waals surface area contributed by atoms with E-state index in [1.54, 1.807) is 0 Å². The van der Waals surface area contributed by atoms with Gasteiger partial charge in [0, 0.05) is 11.3 Å². The number of nitrogens with zero attached hydrogens (tertiary/aromatic N) is 1. The molecule has 4 aromatic carbocycles. The zero-order chi connectivity index (χ0) is 27.6. The van der Waals surface area contributed by atoms with Crippen molar-refractivity contribution in [1.29, 1.82) is 0 Å². The number of nitrogens with two attached hydrogens (primary N) is 1. The molecule has 0 heterocycles. The van der Waals surface area contributed by atoms with Crippen LogP contribution in [0.4, 0.5) is 25.8 Å². The van der Waals surface area contributed by atoms with Crippen LogP contribution in [0.1, 0.15) is 10.4 Å². The normalized spacial score (nSPS) is 12.1. The molecule has 38 heavy (non-hydrogen) atoms. The van der Waals surface area contributed by atoms with E-state index in [0.717, 1.165) is 28.6 Å². The minimum atomic E-state index is -4.27. The zero-order valence-electron chi connectivity index (χ0n) is 19.2. The van der Waals surface area contributed by atoms with Crippen molar-refractivity contribution >= 4 is 44.3 Å². The molecular formula is C25H19F2N3O6S2. The summed E-state index contributed by atoms with van der Waals surface area (Å²) < 4.78 is 73.0. The summed E-state index contributed by atoms with van der Waals surface area (Å²) in [4.78, 5) is 12.2. The minimum absolute atomic E-state index is 0.118. The van der Waals surface area contributed by atoms with Gasteiger partial charge in [-0.25, -0.2) is 30.9 Å². The molecule has 1 unspecified atom stereocenters. The standard InChI is InChI=1S/C25H19F2N3O6S2/c26-18-6-9-20(10-7-18)30(37(33)34)22-14-19(8-12-23(22)31)29-25(32)16-3-1-15(2-4-16)17-5-11-21(27)24(13-17)38(28,35)36/h1-14,31H,(H,29,32)(H,33,34)(H2,28,35,36). The number of carbonyl (C=O) groups excluding carboxylic acids is 1. The number of halogens is 2. The number of rotatable bonds is 7. The summed E-state index contributed by atoms with van der Waals surface area (Å²) >= 11 is -2.64. The van der Waals surface area contributed by atoms with E-state index in [1.165, 1.54) is 60.7 Å². The van der Waals surface area contributed by atoms with Crippen molar-refractivity contribution in [2.24, 2.45) is 5.14 Å². The summed E-state index contributed by atoms with van der Waals surface area (Å²) in [5.41, 5.74) is 1.25. The van der Waals surface area contributed by atoms with Crippen molar-refractivity contribution in [2.75, 3.05) is 9.62 Å². The maximum atomic E-state index is 13.8. The van der Waals surface area contributed by atoms with Gasteiger partial charge in [-0.15, -0.1) is 0 Å². The van der Waals surface area contributed by atoms with Gasteiger partial charge in [0.1, 0.15) is 28.0 Å². The lowest BCUT2D eigenvalue weighted by molar-refractivity contribution is 0.102. The molecule has 4 aromatic rings. The molecule has 1 atom stereocenters. The quantitative estimate of drug-likeness (QED) is 0.193. The number of primary sulfonamides is 1. The Hall–Kier alpha value is -4.17. The predicted molar refractivity (Wildman–Crippen MR) is 139 cm³/mol. The van der Waals surface area contributed by atoms with E-state index in [9.17, 15) is 35.9 Å². The monoisotopic (exact) mass is 559 g/mol. The minimum Gasteiger partial charge on any atom is -0.506 e. The number of anilines is 3. The number of nitrogens with one attached hydrogen (secondary N) is 1. The molecule has 0 radical (unpaired) electrons.